The van der Waals surface area contributed by atoms with Gasteiger partial charge in [-0.3, -0.25) is 4.79 Å². The van der Waals surface area contributed by atoms with Gasteiger partial charge in [0.2, 0.25) is 0 Å². The summed E-state index contributed by atoms with van der Waals surface area (Å²) in [4.78, 5) is 12.1. The molecule has 4 nitrogen and oxygen atoms in total. The molecule has 0 aliphatic carbocycles. The topological polar surface area (TPSA) is 64.3 Å². The number of nitrogens with one attached hydrogen (secondary N) is 1. The molecule has 1 atom stereocenters. The molecule has 4 heteroatoms. The molecule has 0 spiro atoms. The number of rotatable bonds is 4. The standard InChI is InChI=1S/C17H20N2O2/c1-11-7-8-16(9-12(11)2)21-13(3)17(20)19-15-6-4-5-14(18)10-15/h4-10,13H,18H2,1-3H3,(H,19,20). The smallest absolute Gasteiger partial charge is 0.265 e. The van der Waals surface area contributed by atoms with E-state index in [9.17, 15) is 4.79 Å². The average Bonchev–Trinajstić information content (AvgIpc) is 2.43. The van der Waals surface area contributed by atoms with Gasteiger partial charge >= 0.3 is 0 Å². The summed E-state index contributed by atoms with van der Waals surface area (Å²) in [5, 5.41) is 2.78. The van der Waals surface area contributed by atoms with Gasteiger partial charge in [0.1, 0.15) is 5.75 Å². The van der Waals surface area contributed by atoms with Gasteiger partial charge in [-0.25, -0.2) is 0 Å². The monoisotopic (exact) mass is 284 g/mol. The number of carbonyl (C=O) groups excluding carboxylic acids is 1. The molecule has 2 rings (SSSR count). The van der Waals surface area contributed by atoms with Crippen LogP contribution in [0.2, 0.25) is 0 Å². The molecule has 0 saturated heterocycles. The van der Waals surface area contributed by atoms with Crippen LogP contribution in [0.5, 0.6) is 5.75 Å². The van der Waals surface area contributed by atoms with Crippen molar-refractivity contribution in [3.8, 4) is 5.75 Å². The van der Waals surface area contributed by atoms with Crippen LogP contribution in [0.15, 0.2) is 42.5 Å². The number of aryl methyl sites for hydroxylation is 2. The van der Waals surface area contributed by atoms with E-state index >= 15 is 0 Å². The van der Waals surface area contributed by atoms with Crippen molar-refractivity contribution in [3.05, 3.63) is 53.6 Å². The molecule has 0 aromatic heterocycles. The minimum atomic E-state index is -0.589. The van der Waals surface area contributed by atoms with E-state index in [0.717, 1.165) is 5.56 Å². The molecule has 1 unspecified atom stereocenters. The lowest BCUT2D eigenvalue weighted by atomic mass is 10.1. The molecule has 3 N–H and O–H groups in total. The molecule has 2 aromatic rings. The Hall–Kier alpha value is -2.49. The molecule has 0 aliphatic heterocycles. The molecular weight excluding hydrogens is 264 g/mol. The Labute approximate surface area is 124 Å². The fraction of sp³-hybridized carbons (Fsp3) is 0.235. The summed E-state index contributed by atoms with van der Waals surface area (Å²) >= 11 is 0. The number of ether oxygens (including phenoxy) is 1. The number of carbonyl (C=O) groups is 1. The normalized spacial score (nSPS) is 11.8. The van der Waals surface area contributed by atoms with E-state index in [0.29, 0.717) is 17.1 Å². The maximum absolute atomic E-state index is 12.1. The summed E-state index contributed by atoms with van der Waals surface area (Å²) in [5.74, 6) is 0.479. The van der Waals surface area contributed by atoms with Crippen LogP contribution in [-0.2, 0) is 4.79 Å². The number of nitrogens with two attached hydrogens (primary N) is 1. The number of hydrogen-bond donors (Lipinski definition) is 2. The van der Waals surface area contributed by atoms with Crippen molar-refractivity contribution in [2.75, 3.05) is 11.1 Å². The van der Waals surface area contributed by atoms with Crippen LogP contribution >= 0.6 is 0 Å². The maximum Gasteiger partial charge on any atom is 0.265 e. The van der Waals surface area contributed by atoms with Crippen LogP contribution in [-0.4, -0.2) is 12.0 Å². The van der Waals surface area contributed by atoms with Crippen molar-refractivity contribution >= 4 is 17.3 Å². The number of benzene rings is 2. The first-order chi connectivity index (χ1) is 9.95. The Morgan fingerprint density at radius 3 is 2.57 bits per heavy atom. The highest BCUT2D eigenvalue weighted by atomic mass is 16.5. The Morgan fingerprint density at radius 2 is 1.90 bits per heavy atom. The van der Waals surface area contributed by atoms with Gasteiger partial charge in [-0.2, -0.15) is 0 Å². The Morgan fingerprint density at radius 1 is 1.14 bits per heavy atom. The molecule has 1 amide bonds. The predicted molar refractivity (Wildman–Crippen MR) is 85.5 cm³/mol. The second-order valence-electron chi connectivity index (χ2n) is 5.12. The molecule has 0 aliphatic rings. The summed E-state index contributed by atoms with van der Waals surface area (Å²) in [6, 6.07) is 12.8. The molecular formula is C17H20N2O2. The second-order valence-corrected chi connectivity index (χ2v) is 5.12. The maximum atomic E-state index is 12.1. The number of hydrogen-bond acceptors (Lipinski definition) is 3. The molecule has 0 saturated carbocycles. The first-order valence-electron chi connectivity index (χ1n) is 6.86. The quantitative estimate of drug-likeness (QED) is 0.847. The minimum absolute atomic E-state index is 0.209. The first-order valence-corrected chi connectivity index (χ1v) is 6.86. The molecule has 110 valence electrons. The van der Waals surface area contributed by atoms with Gasteiger partial charge in [-0.15, -0.1) is 0 Å². The fourth-order valence-corrected chi connectivity index (χ4v) is 1.91. The van der Waals surface area contributed by atoms with Gasteiger partial charge in [0.25, 0.3) is 5.91 Å². The summed E-state index contributed by atoms with van der Waals surface area (Å²) in [7, 11) is 0. The van der Waals surface area contributed by atoms with Crippen molar-refractivity contribution < 1.29 is 9.53 Å². The summed E-state index contributed by atoms with van der Waals surface area (Å²) in [5.41, 5.74) is 9.28. The van der Waals surface area contributed by atoms with Crippen LogP contribution in [0.1, 0.15) is 18.1 Å². The third-order valence-electron chi connectivity index (χ3n) is 3.31. The van der Waals surface area contributed by atoms with Gasteiger partial charge in [0.05, 0.1) is 0 Å². The van der Waals surface area contributed by atoms with Gasteiger partial charge in [-0.1, -0.05) is 12.1 Å². The van der Waals surface area contributed by atoms with Crippen LogP contribution in [0.4, 0.5) is 11.4 Å². The minimum Gasteiger partial charge on any atom is -0.481 e. The number of nitrogen functional groups attached to an aromatic ring is 1. The molecule has 0 heterocycles. The molecule has 21 heavy (non-hydrogen) atoms. The highest BCUT2D eigenvalue weighted by Gasteiger charge is 2.15. The van der Waals surface area contributed by atoms with Gasteiger partial charge in [0.15, 0.2) is 6.10 Å². The highest BCUT2D eigenvalue weighted by molar-refractivity contribution is 5.94. The Bertz CT molecular complexity index is 653. The lowest BCUT2D eigenvalue weighted by Crippen LogP contribution is -2.30. The van der Waals surface area contributed by atoms with Crippen LogP contribution < -0.4 is 15.8 Å². The van der Waals surface area contributed by atoms with E-state index in [1.807, 2.05) is 32.0 Å². The predicted octanol–water partition coefficient (Wildman–Crippen LogP) is 3.29. The van der Waals surface area contributed by atoms with Gasteiger partial charge in [0, 0.05) is 11.4 Å². The van der Waals surface area contributed by atoms with E-state index in [1.165, 1.54) is 5.56 Å². The molecule has 0 fully saturated rings. The fourth-order valence-electron chi connectivity index (χ4n) is 1.91. The van der Waals surface area contributed by atoms with E-state index in [-0.39, 0.29) is 5.91 Å². The van der Waals surface area contributed by atoms with Crippen molar-refractivity contribution in [3.63, 3.8) is 0 Å². The first kappa shape index (κ1) is 14.9. The van der Waals surface area contributed by atoms with Crippen LogP contribution in [0.3, 0.4) is 0 Å². The van der Waals surface area contributed by atoms with Crippen molar-refractivity contribution in [2.24, 2.45) is 0 Å². The second kappa shape index (κ2) is 6.31. The van der Waals surface area contributed by atoms with E-state index < -0.39 is 6.10 Å². The van der Waals surface area contributed by atoms with Gasteiger partial charge < -0.3 is 15.8 Å². The third-order valence-corrected chi connectivity index (χ3v) is 3.31. The zero-order valence-electron chi connectivity index (χ0n) is 12.5. The van der Waals surface area contributed by atoms with Crippen LogP contribution in [0.25, 0.3) is 0 Å². The largest absolute Gasteiger partial charge is 0.481 e. The zero-order chi connectivity index (χ0) is 15.4. The van der Waals surface area contributed by atoms with Crippen LogP contribution in [0, 0.1) is 13.8 Å². The average molecular weight is 284 g/mol. The Kier molecular flexibility index (Phi) is 4.48. The van der Waals surface area contributed by atoms with Crippen molar-refractivity contribution in [2.45, 2.75) is 26.9 Å². The van der Waals surface area contributed by atoms with Crippen molar-refractivity contribution in [1.29, 1.82) is 0 Å². The number of anilines is 2. The lowest BCUT2D eigenvalue weighted by Gasteiger charge is -2.15. The summed E-state index contributed by atoms with van der Waals surface area (Å²) < 4.78 is 5.67. The van der Waals surface area contributed by atoms with Gasteiger partial charge in [-0.05, 0) is 62.2 Å². The zero-order valence-corrected chi connectivity index (χ0v) is 12.5. The lowest BCUT2D eigenvalue weighted by molar-refractivity contribution is -0.122. The molecule has 0 radical (unpaired) electrons. The van der Waals surface area contributed by atoms with Crippen molar-refractivity contribution in [1.82, 2.24) is 0 Å². The number of amides is 1. The van der Waals surface area contributed by atoms with E-state index in [1.54, 1.807) is 31.2 Å². The molecule has 2 aromatic carbocycles. The van der Waals surface area contributed by atoms with E-state index in [4.69, 9.17) is 10.5 Å². The highest BCUT2D eigenvalue weighted by Crippen LogP contribution is 2.18. The Balaban J connectivity index is 2.00. The SMILES string of the molecule is Cc1ccc(OC(C)C(=O)Nc2cccc(N)c2)cc1C. The third kappa shape index (κ3) is 3.99. The summed E-state index contributed by atoms with van der Waals surface area (Å²) in [6.45, 7) is 5.77. The summed E-state index contributed by atoms with van der Waals surface area (Å²) in [6.07, 6.45) is -0.589. The molecule has 0 bridgehead atoms. The van der Waals surface area contributed by atoms with E-state index in [2.05, 4.69) is 5.32 Å².